The summed E-state index contributed by atoms with van der Waals surface area (Å²) in [5.41, 5.74) is 3.37. The van der Waals surface area contributed by atoms with Crippen molar-refractivity contribution in [2.75, 3.05) is 6.54 Å². The van der Waals surface area contributed by atoms with Crippen LogP contribution in [0.3, 0.4) is 0 Å². The van der Waals surface area contributed by atoms with Gasteiger partial charge in [0.1, 0.15) is 5.75 Å². The van der Waals surface area contributed by atoms with E-state index in [0.29, 0.717) is 18.7 Å². The van der Waals surface area contributed by atoms with Gasteiger partial charge < -0.3 is 15.0 Å². The lowest BCUT2D eigenvalue weighted by atomic mass is 9.87. The van der Waals surface area contributed by atoms with E-state index >= 15 is 0 Å². The van der Waals surface area contributed by atoms with Gasteiger partial charge in [-0.15, -0.1) is 0 Å². The van der Waals surface area contributed by atoms with Crippen molar-refractivity contribution in [2.45, 2.75) is 65.6 Å². The van der Waals surface area contributed by atoms with Gasteiger partial charge >= 0.3 is 0 Å². The van der Waals surface area contributed by atoms with Crippen LogP contribution in [0.1, 0.15) is 63.8 Å². The smallest absolute Gasteiger partial charge is 0.261 e. The maximum absolute atomic E-state index is 13.0. The van der Waals surface area contributed by atoms with Crippen molar-refractivity contribution >= 4 is 11.8 Å². The second kappa shape index (κ2) is 9.99. The summed E-state index contributed by atoms with van der Waals surface area (Å²) in [6.45, 7) is 10.4. The van der Waals surface area contributed by atoms with Crippen LogP contribution in [0.15, 0.2) is 48.5 Å². The van der Waals surface area contributed by atoms with Crippen molar-refractivity contribution in [3.05, 3.63) is 65.2 Å². The summed E-state index contributed by atoms with van der Waals surface area (Å²) in [7, 11) is 0. The van der Waals surface area contributed by atoms with Gasteiger partial charge in [-0.05, 0) is 55.5 Å². The van der Waals surface area contributed by atoms with Crippen molar-refractivity contribution in [3.8, 4) is 5.75 Å². The number of fused-ring (bicyclic) bond motifs is 1. The first-order valence-electron chi connectivity index (χ1n) is 11.3. The molecule has 1 N–H and O–H groups in total. The van der Waals surface area contributed by atoms with Crippen molar-refractivity contribution in [1.82, 2.24) is 10.2 Å². The number of amides is 2. The van der Waals surface area contributed by atoms with Crippen LogP contribution in [0, 0.1) is 5.92 Å². The molecule has 5 nitrogen and oxygen atoms in total. The topological polar surface area (TPSA) is 58.6 Å². The first kappa shape index (κ1) is 22.9. The third-order valence-corrected chi connectivity index (χ3v) is 5.61. The van der Waals surface area contributed by atoms with E-state index in [4.69, 9.17) is 4.74 Å². The van der Waals surface area contributed by atoms with Crippen molar-refractivity contribution in [1.29, 1.82) is 0 Å². The first-order valence-corrected chi connectivity index (χ1v) is 11.3. The molecule has 31 heavy (non-hydrogen) atoms. The number of rotatable bonds is 7. The van der Waals surface area contributed by atoms with E-state index in [2.05, 4.69) is 23.5 Å². The highest BCUT2D eigenvalue weighted by Gasteiger charge is 2.33. The fourth-order valence-corrected chi connectivity index (χ4v) is 4.09. The zero-order valence-corrected chi connectivity index (χ0v) is 19.2. The fraction of sp³-hybridized carbons (Fsp3) is 0.462. The van der Waals surface area contributed by atoms with E-state index in [1.54, 1.807) is 0 Å². The number of nitrogens with zero attached hydrogens (tertiary/aromatic N) is 1. The van der Waals surface area contributed by atoms with Crippen molar-refractivity contribution in [2.24, 2.45) is 5.92 Å². The monoisotopic (exact) mass is 422 g/mol. The predicted molar refractivity (Wildman–Crippen MR) is 123 cm³/mol. The fourth-order valence-electron chi connectivity index (χ4n) is 4.09. The molecule has 166 valence electrons. The predicted octanol–water partition coefficient (Wildman–Crippen LogP) is 4.50. The SMILES string of the molecule is CC[C@@H](Oc1ccc2c(c1)[C@H](c1ccccc1)N(C(=O)C(C)C)CC2)C(=O)NC(C)C. The second-order valence-electron chi connectivity index (χ2n) is 8.79. The Bertz CT molecular complexity index is 908. The van der Waals surface area contributed by atoms with E-state index in [1.807, 2.05) is 69.9 Å². The summed E-state index contributed by atoms with van der Waals surface area (Å²) in [5, 5.41) is 2.93. The molecule has 0 unspecified atom stereocenters. The molecule has 2 aromatic carbocycles. The Morgan fingerprint density at radius 3 is 2.42 bits per heavy atom. The lowest BCUT2D eigenvalue weighted by Crippen LogP contribution is -2.43. The number of hydrogen-bond acceptors (Lipinski definition) is 3. The van der Waals surface area contributed by atoms with Crippen LogP contribution >= 0.6 is 0 Å². The minimum Gasteiger partial charge on any atom is -0.481 e. The molecule has 0 saturated carbocycles. The third kappa shape index (κ3) is 5.27. The van der Waals surface area contributed by atoms with Gasteiger partial charge in [0.05, 0.1) is 6.04 Å². The molecular formula is C26H34N2O3. The molecule has 0 radical (unpaired) electrons. The zero-order chi connectivity index (χ0) is 22.5. The highest BCUT2D eigenvalue weighted by atomic mass is 16.5. The molecule has 0 aliphatic carbocycles. The largest absolute Gasteiger partial charge is 0.481 e. The molecule has 0 bridgehead atoms. The van der Waals surface area contributed by atoms with Gasteiger partial charge in [-0.1, -0.05) is 57.2 Å². The number of carbonyl (C=O) groups excluding carboxylic acids is 2. The number of hydrogen-bond donors (Lipinski definition) is 1. The summed E-state index contributed by atoms with van der Waals surface area (Å²) in [6, 6.07) is 16.1. The van der Waals surface area contributed by atoms with E-state index < -0.39 is 6.10 Å². The molecule has 0 fully saturated rings. The normalized spacial score (nSPS) is 16.7. The van der Waals surface area contributed by atoms with Crippen LogP contribution in [0.5, 0.6) is 5.75 Å². The molecule has 0 saturated heterocycles. The summed E-state index contributed by atoms with van der Waals surface area (Å²) in [6.07, 6.45) is 0.839. The maximum Gasteiger partial charge on any atom is 0.261 e. The first-order chi connectivity index (χ1) is 14.8. The van der Waals surface area contributed by atoms with Crippen LogP contribution in [-0.2, 0) is 16.0 Å². The molecule has 1 aliphatic rings. The van der Waals surface area contributed by atoms with Gasteiger partial charge in [0.2, 0.25) is 5.91 Å². The Morgan fingerprint density at radius 1 is 1.10 bits per heavy atom. The molecular weight excluding hydrogens is 388 g/mol. The Balaban J connectivity index is 1.97. The molecule has 1 aliphatic heterocycles. The van der Waals surface area contributed by atoms with Gasteiger partial charge in [-0.3, -0.25) is 9.59 Å². The van der Waals surface area contributed by atoms with Crippen molar-refractivity contribution < 1.29 is 14.3 Å². The Morgan fingerprint density at radius 2 is 1.81 bits per heavy atom. The van der Waals surface area contributed by atoms with Crippen molar-refractivity contribution in [3.63, 3.8) is 0 Å². The van der Waals surface area contributed by atoms with Crippen LogP contribution in [-0.4, -0.2) is 35.4 Å². The lowest BCUT2D eigenvalue weighted by Gasteiger charge is -2.39. The molecule has 2 aromatic rings. The minimum atomic E-state index is -0.549. The third-order valence-electron chi connectivity index (χ3n) is 5.61. The van der Waals surface area contributed by atoms with Crippen LogP contribution in [0.25, 0.3) is 0 Å². The molecule has 0 aromatic heterocycles. The van der Waals surface area contributed by atoms with Crippen LogP contribution < -0.4 is 10.1 Å². The highest BCUT2D eigenvalue weighted by Crippen LogP contribution is 2.38. The molecule has 5 heteroatoms. The van der Waals surface area contributed by atoms with Gasteiger partial charge in [0.25, 0.3) is 5.91 Å². The summed E-state index contributed by atoms with van der Waals surface area (Å²) < 4.78 is 6.10. The van der Waals surface area contributed by atoms with Gasteiger partial charge in [0, 0.05) is 18.5 Å². The van der Waals surface area contributed by atoms with Gasteiger partial charge in [0.15, 0.2) is 6.10 Å². The van der Waals surface area contributed by atoms with E-state index in [-0.39, 0.29) is 29.8 Å². The average molecular weight is 423 g/mol. The summed E-state index contributed by atoms with van der Waals surface area (Å²) >= 11 is 0. The Labute approximate surface area is 185 Å². The standard InChI is InChI=1S/C26H34N2O3/c1-6-23(25(29)27-18(4)5)31-21-13-12-19-14-15-28(26(30)17(2)3)24(22(19)16-21)20-10-8-7-9-11-20/h7-13,16-18,23-24H,6,14-15H2,1-5H3,(H,27,29)/t23-,24+/m1/s1. The van der Waals surface area contributed by atoms with E-state index in [9.17, 15) is 9.59 Å². The average Bonchev–Trinajstić information content (AvgIpc) is 2.75. The maximum atomic E-state index is 13.0. The van der Waals surface area contributed by atoms with Gasteiger partial charge in [-0.2, -0.15) is 0 Å². The lowest BCUT2D eigenvalue weighted by molar-refractivity contribution is -0.136. The van der Waals surface area contributed by atoms with E-state index in [0.717, 1.165) is 17.5 Å². The molecule has 2 amide bonds. The molecule has 0 spiro atoms. The Hall–Kier alpha value is -2.82. The zero-order valence-electron chi connectivity index (χ0n) is 19.2. The Kier molecular flexibility index (Phi) is 7.37. The van der Waals surface area contributed by atoms with E-state index in [1.165, 1.54) is 5.56 Å². The summed E-state index contributed by atoms with van der Waals surface area (Å²) in [4.78, 5) is 27.5. The van der Waals surface area contributed by atoms with Crippen LogP contribution in [0.2, 0.25) is 0 Å². The second-order valence-corrected chi connectivity index (χ2v) is 8.79. The molecule has 3 rings (SSSR count). The number of benzene rings is 2. The molecule has 1 heterocycles. The highest BCUT2D eigenvalue weighted by molar-refractivity contribution is 5.81. The number of ether oxygens (including phenoxy) is 1. The summed E-state index contributed by atoms with van der Waals surface area (Å²) in [5.74, 6) is 0.626. The minimum absolute atomic E-state index is 0.0618. The van der Waals surface area contributed by atoms with Gasteiger partial charge in [-0.25, -0.2) is 0 Å². The molecule has 2 atom stereocenters. The van der Waals surface area contributed by atoms with Crippen LogP contribution in [0.4, 0.5) is 0 Å². The quantitative estimate of drug-likeness (QED) is 0.715. The number of carbonyl (C=O) groups is 2. The number of nitrogens with one attached hydrogen (secondary N) is 1.